The molecule has 134 valence electrons. The number of nitrogens with zero attached hydrogens (tertiary/aromatic N) is 2. The second kappa shape index (κ2) is 7.51. The van der Waals surface area contributed by atoms with E-state index in [2.05, 4.69) is 20.8 Å². The summed E-state index contributed by atoms with van der Waals surface area (Å²) in [4.78, 5) is 16.1. The van der Waals surface area contributed by atoms with E-state index in [0.29, 0.717) is 22.8 Å². The number of carbonyl (C=O) groups is 1. The SMILES string of the molecule is COc1cc(C(=O)Nc2ccc(F)c(CNc3cccnc3N)c2)on1. The van der Waals surface area contributed by atoms with Crippen LogP contribution in [-0.2, 0) is 6.54 Å². The van der Waals surface area contributed by atoms with Crippen molar-refractivity contribution in [2.75, 3.05) is 23.5 Å². The fourth-order valence-corrected chi connectivity index (χ4v) is 2.20. The van der Waals surface area contributed by atoms with Crippen LogP contribution in [0, 0.1) is 5.82 Å². The van der Waals surface area contributed by atoms with E-state index in [1.807, 2.05) is 0 Å². The first-order valence-electron chi connectivity index (χ1n) is 7.61. The molecule has 0 spiro atoms. The summed E-state index contributed by atoms with van der Waals surface area (Å²) in [6.07, 6.45) is 1.57. The van der Waals surface area contributed by atoms with Crippen molar-refractivity contribution >= 4 is 23.1 Å². The van der Waals surface area contributed by atoms with E-state index < -0.39 is 11.7 Å². The number of hydrogen-bond acceptors (Lipinski definition) is 7. The lowest BCUT2D eigenvalue weighted by Crippen LogP contribution is -2.12. The van der Waals surface area contributed by atoms with Crippen LogP contribution in [0.5, 0.6) is 5.88 Å². The number of hydrogen-bond donors (Lipinski definition) is 3. The molecule has 0 atom stereocenters. The maximum absolute atomic E-state index is 14.0. The molecule has 0 saturated heterocycles. The van der Waals surface area contributed by atoms with Crippen molar-refractivity contribution in [3.8, 4) is 5.88 Å². The molecule has 3 rings (SSSR count). The summed E-state index contributed by atoms with van der Waals surface area (Å²) in [7, 11) is 1.41. The zero-order valence-corrected chi connectivity index (χ0v) is 13.8. The van der Waals surface area contributed by atoms with Crippen molar-refractivity contribution in [1.29, 1.82) is 0 Å². The predicted octanol–water partition coefficient (Wildman–Crippen LogP) is 2.66. The minimum atomic E-state index is -0.525. The Bertz CT molecular complexity index is 928. The Morgan fingerprint density at radius 3 is 2.92 bits per heavy atom. The Morgan fingerprint density at radius 2 is 2.19 bits per heavy atom. The van der Waals surface area contributed by atoms with Crippen LogP contribution in [0.2, 0.25) is 0 Å². The highest BCUT2D eigenvalue weighted by atomic mass is 19.1. The van der Waals surface area contributed by atoms with E-state index in [4.69, 9.17) is 15.0 Å². The molecule has 0 radical (unpaired) electrons. The van der Waals surface area contributed by atoms with Crippen LogP contribution in [0.3, 0.4) is 0 Å². The number of nitrogen functional groups attached to an aromatic ring is 1. The second-order valence-electron chi connectivity index (χ2n) is 5.28. The first-order valence-corrected chi connectivity index (χ1v) is 7.61. The Labute approximate surface area is 148 Å². The van der Waals surface area contributed by atoms with Gasteiger partial charge in [-0.1, -0.05) is 0 Å². The minimum Gasteiger partial charge on any atom is -0.479 e. The van der Waals surface area contributed by atoms with Gasteiger partial charge in [-0.15, -0.1) is 0 Å². The van der Waals surface area contributed by atoms with Crippen LogP contribution in [-0.4, -0.2) is 23.2 Å². The molecule has 2 heterocycles. The maximum atomic E-state index is 14.0. The van der Waals surface area contributed by atoms with Gasteiger partial charge in [-0.05, 0) is 35.5 Å². The fourth-order valence-electron chi connectivity index (χ4n) is 2.20. The smallest absolute Gasteiger partial charge is 0.294 e. The molecule has 9 heteroatoms. The third kappa shape index (κ3) is 3.89. The van der Waals surface area contributed by atoms with Crippen LogP contribution in [0.4, 0.5) is 21.6 Å². The molecule has 0 saturated carbocycles. The normalized spacial score (nSPS) is 10.4. The van der Waals surface area contributed by atoms with Crippen molar-refractivity contribution in [2.45, 2.75) is 6.54 Å². The largest absolute Gasteiger partial charge is 0.479 e. The summed E-state index contributed by atoms with van der Waals surface area (Å²) in [6, 6.07) is 9.04. The van der Waals surface area contributed by atoms with E-state index in [9.17, 15) is 9.18 Å². The molecule has 0 aliphatic heterocycles. The predicted molar refractivity (Wildman–Crippen MR) is 93.4 cm³/mol. The zero-order valence-electron chi connectivity index (χ0n) is 13.8. The molecule has 0 unspecified atom stereocenters. The molecule has 0 aliphatic carbocycles. The number of methoxy groups -OCH3 is 1. The van der Waals surface area contributed by atoms with Gasteiger partial charge in [-0.25, -0.2) is 9.37 Å². The van der Waals surface area contributed by atoms with Gasteiger partial charge in [0.1, 0.15) is 11.6 Å². The molecule has 1 amide bonds. The lowest BCUT2D eigenvalue weighted by atomic mass is 10.1. The number of pyridine rings is 1. The second-order valence-corrected chi connectivity index (χ2v) is 5.28. The zero-order chi connectivity index (χ0) is 18.5. The van der Waals surface area contributed by atoms with Crippen molar-refractivity contribution < 1.29 is 18.4 Å². The molecule has 0 bridgehead atoms. The Balaban J connectivity index is 1.71. The molecule has 4 N–H and O–H groups in total. The van der Waals surface area contributed by atoms with Crippen LogP contribution in [0.15, 0.2) is 47.1 Å². The molecule has 0 fully saturated rings. The standard InChI is InChI=1S/C17H16FN5O3/c1-25-15-8-14(26-23-15)17(24)22-11-4-5-12(18)10(7-11)9-21-13-3-2-6-20-16(13)19/h2-8,21H,9H2,1H3,(H2,19,20)(H,22,24). The number of benzene rings is 1. The van der Waals surface area contributed by atoms with Gasteiger partial charge in [0, 0.05) is 24.0 Å². The Kier molecular flexibility index (Phi) is 4.97. The van der Waals surface area contributed by atoms with Gasteiger partial charge in [0.05, 0.1) is 18.9 Å². The number of nitrogens with two attached hydrogens (primary N) is 1. The average Bonchev–Trinajstić information content (AvgIpc) is 3.13. The van der Waals surface area contributed by atoms with Crippen LogP contribution in [0.25, 0.3) is 0 Å². The maximum Gasteiger partial charge on any atom is 0.294 e. The monoisotopic (exact) mass is 357 g/mol. The average molecular weight is 357 g/mol. The topological polar surface area (TPSA) is 115 Å². The van der Waals surface area contributed by atoms with E-state index in [1.165, 1.54) is 31.4 Å². The number of anilines is 3. The number of nitrogens with one attached hydrogen (secondary N) is 2. The first-order chi connectivity index (χ1) is 12.6. The van der Waals surface area contributed by atoms with E-state index >= 15 is 0 Å². The van der Waals surface area contributed by atoms with Crippen LogP contribution in [0.1, 0.15) is 16.1 Å². The molecule has 0 aliphatic rings. The third-order valence-corrected chi connectivity index (χ3v) is 3.53. The van der Waals surface area contributed by atoms with Gasteiger partial charge in [0.2, 0.25) is 5.76 Å². The van der Waals surface area contributed by atoms with Crippen molar-refractivity contribution in [2.24, 2.45) is 0 Å². The summed E-state index contributed by atoms with van der Waals surface area (Å²) < 4.78 is 23.8. The van der Waals surface area contributed by atoms with Crippen LogP contribution < -0.4 is 21.1 Å². The van der Waals surface area contributed by atoms with Gasteiger partial charge >= 0.3 is 0 Å². The van der Waals surface area contributed by atoms with Gasteiger partial charge < -0.3 is 25.6 Å². The lowest BCUT2D eigenvalue weighted by Gasteiger charge is -2.11. The van der Waals surface area contributed by atoms with Gasteiger partial charge in [0.15, 0.2) is 0 Å². The highest BCUT2D eigenvalue weighted by Gasteiger charge is 2.14. The molecule has 8 nitrogen and oxygen atoms in total. The van der Waals surface area contributed by atoms with E-state index in [1.54, 1.807) is 18.3 Å². The number of carbonyl (C=O) groups excluding carboxylic acids is 1. The number of halogens is 1. The summed E-state index contributed by atoms with van der Waals surface area (Å²) >= 11 is 0. The molecule has 1 aromatic carbocycles. The van der Waals surface area contributed by atoms with Crippen molar-refractivity contribution in [3.63, 3.8) is 0 Å². The summed E-state index contributed by atoms with van der Waals surface area (Å²) in [5, 5.41) is 9.18. The minimum absolute atomic E-state index is 0.0195. The van der Waals surface area contributed by atoms with Gasteiger partial charge in [-0.2, -0.15) is 0 Å². The number of aromatic nitrogens is 2. The first kappa shape index (κ1) is 17.2. The molecular formula is C17H16FN5O3. The fraction of sp³-hybridized carbons (Fsp3) is 0.118. The highest BCUT2D eigenvalue weighted by Crippen LogP contribution is 2.20. The molecule has 26 heavy (non-hydrogen) atoms. The lowest BCUT2D eigenvalue weighted by molar-refractivity contribution is 0.0987. The number of rotatable bonds is 6. The van der Waals surface area contributed by atoms with Gasteiger partial charge in [0.25, 0.3) is 11.8 Å². The number of ether oxygens (including phenoxy) is 1. The summed E-state index contributed by atoms with van der Waals surface area (Å²) in [5.41, 5.74) is 7.09. The Morgan fingerprint density at radius 1 is 1.35 bits per heavy atom. The number of amides is 1. The van der Waals surface area contributed by atoms with Crippen molar-refractivity contribution in [1.82, 2.24) is 10.1 Å². The quantitative estimate of drug-likeness (QED) is 0.621. The third-order valence-electron chi connectivity index (χ3n) is 3.53. The molecule has 2 aromatic heterocycles. The van der Waals surface area contributed by atoms with E-state index in [0.717, 1.165) is 0 Å². The highest BCUT2D eigenvalue weighted by molar-refractivity contribution is 6.02. The van der Waals surface area contributed by atoms with Crippen molar-refractivity contribution in [3.05, 3.63) is 59.7 Å². The van der Waals surface area contributed by atoms with E-state index in [-0.39, 0.29) is 18.2 Å². The summed E-state index contributed by atoms with van der Waals surface area (Å²) in [5.74, 6) is -0.457. The molecular weight excluding hydrogens is 341 g/mol. The summed E-state index contributed by atoms with van der Waals surface area (Å²) in [6.45, 7) is 0.168. The Hall–Kier alpha value is -3.62. The molecule has 3 aromatic rings. The van der Waals surface area contributed by atoms with Crippen LogP contribution >= 0.6 is 0 Å². The van der Waals surface area contributed by atoms with Gasteiger partial charge in [-0.3, -0.25) is 4.79 Å².